The number of aromatic hydroxyl groups is 1. The molecule has 1 rings (SSSR count). The smallest absolute Gasteiger partial charge is 0.408 e. The Hall–Kier alpha value is -3.30. The molecule has 0 aliphatic rings. The zero-order valence-electron chi connectivity index (χ0n) is 18.7. The zero-order valence-corrected chi connectivity index (χ0v) is 18.7. The number of Topliss-reactive ketones (excluding diaryl/α,β-unsaturated/α-hetero) is 1. The second kappa shape index (κ2) is 12.7. The predicted octanol–water partition coefficient (Wildman–Crippen LogP) is 5.82. The lowest BCUT2D eigenvalue weighted by atomic mass is 9.99. The van der Waals surface area contributed by atoms with Crippen molar-refractivity contribution in [2.45, 2.75) is 65.0 Å². The lowest BCUT2D eigenvalue weighted by molar-refractivity contribution is -0.135. The largest absolute Gasteiger partial charge is 0.507 e. The molecule has 0 aliphatic heterocycles. The van der Waals surface area contributed by atoms with Gasteiger partial charge in [-0.1, -0.05) is 30.7 Å². The summed E-state index contributed by atoms with van der Waals surface area (Å²) in [5, 5.41) is 20.8. The number of carboxylic acid groups (broad SMARTS) is 1. The summed E-state index contributed by atoms with van der Waals surface area (Å²) in [5.41, 5.74) is -0.763. The fraction of sp³-hybridized carbons (Fsp3) is 0.435. The van der Waals surface area contributed by atoms with Crippen LogP contribution in [-0.4, -0.2) is 28.3 Å². The van der Waals surface area contributed by atoms with E-state index in [2.05, 4.69) is 5.32 Å². The number of carbonyl (C=O) groups is 2. The Morgan fingerprint density at radius 1 is 1.24 bits per heavy atom. The molecule has 0 radical (unpaired) electrons. The molecule has 1 aromatic heterocycles. The monoisotopic (exact) mass is 471 g/mol. The van der Waals surface area contributed by atoms with Crippen LogP contribution in [0.25, 0.3) is 0 Å². The number of halogens is 3. The second-order valence-corrected chi connectivity index (χ2v) is 7.69. The van der Waals surface area contributed by atoms with Crippen molar-refractivity contribution in [1.82, 2.24) is 5.32 Å². The molecule has 0 fully saturated rings. The number of ketones is 1. The summed E-state index contributed by atoms with van der Waals surface area (Å²) in [5.74, 6) is -1.39. The van der Waals surface area contributed by atoms with Gasteiger partial charge in [0.05, 0.1) is 0 Å². The molecule has 7 nitrogen and oxygen atoms in total. The average Bonchev–Trinajstić information content (AvgIpc) is 2.69. The van der Waals surface area contributed by atoms with Crippen LogP contribution in [0.1, 0.15) is 74.9 Å². The minimum absolute atomic E-state index is 0.0669. The van der Waals surface area contributed by atoms with Gasteiger partial charge in [-0.3, -0.25) is 10.1 Å². The number of amides is 1. The van der Waals surface area contributed by atoms with Crippen molar-refractivity contribution < 1.29 is 37.4 Å². The van der Waals surface area contributed by atoms with E-state index in [1.165, 1.54) is 31.3 Å². The van der Waals surface area contributed by atoms with Gasteiger partial charge in [0.15, 0.2) is 5.78 Å². The molecule has 1 heterocycles. The van der Waals surface area contributed by atoms with Crippen LogP contribution in [0.2, 0.25) is 0 Å². The maximum Gasteiger partial charge on any atom is 0.408 e. The first-order valence-corrected chi connectivity index (χ1v) is 10.3. The van der Waals surface area contributed by atoms with Gasteiger partial charge in [-0.05, 0) is 45.1 Å². The van der Waals surface area contributed by atoms with Crippen molar-refractivity contribution in [2.75, 3.05) is 0 Å². The van der Waals surface area contributed by atoms with Gasteiger partial charge in [0, 0.05) is 24.6 Å². The predicted molar refractivity (Wildman–Crippen MR) is 116 cm³/mol. The Bertz CT molecular complexity index is 989. The highest BCUT2D eigenvalue weighted by Gasteiger charge is 2.26. The third-order valence-electron chi connectivity index (χ3n) is 4.76. The molecule has 1 amide bonds. The maximum atomic E-state index is 12.6. The van der Waals surface area contributed by atoms with Crippen LogP contribution in [0.5, 0.6) is 5.75 Å². The first-order valence-electron chi connectivity index (χ1n) is 10.3. The Labute approximate surface area is 189 Å². The molecular weight excluding hydrogens is 443 g/mol. The van der Waals surface area contributed by atoms with Crippen LogP contribution < -0.4 is 10.9 Å². The van der Waals surface area contributed by atoms with Crippen molar-refractivity contribution in [2.24, 2.45) is 0 Å². The van der Waals surface area contributed by atoms with Gasteiger partial charge in [-0.25, -0.2) is 9.59 Å². The molecule has 1 aromatic rings. The number of hydrogen-bond donors (Lipinski definition) is 3. The molecule has 0 saturated heterocycles. The SMILES string of the molecule is C/C(=C/C=C(\C)C(=O)c1c(O)cc(C(C)CC/C=C/NC(=O)O)oc1=O)CCCC(F)(F)F. The van der Waals surface area contributed by atoms with Crippen molar-refractivity contribution >= 4 is 11.9 Å². The van der Waals surface area contributed by atoms with Crippen molar-refractivity contribution in [1.29, 1.82) is 0 Å². The number of alkyl halides is 3. The third kappa shape index (κ3) is 10.2. The van der Waals surface area contributed by atoms with E-state index in [0.29, 0.717) is 18.4 Å². The molecule has 0 aromatic carbocycles. The van der Waals surface area contributed by atoms with Gasteiger partial charge in [0.1, 0.15) is 17.1 Å². The first kappa shape index (κ1) is 27.7. The van der Waals surface area contributed by atoms with E-state index < -0.39 is 41.4 Å². The fourth-order valence-corrected chi connectivity index (χ4v) is 2.84. The molecule has 0 spiro atoms. The van der Waals surface area contributed by atoms with E-state index >= 15 is 0 Å². The van der Waals surface area contributed by atoms with Crippen LogP contribution in [0.3, 0.4) is 0 Å². The van der Waals surface area contributed by atoms with E-state index in [4.69, 9.17) is 9.52 Å². The zero-order chi connectivity index (χ0) is 25.2. The number of rotatable bonds is 11. The number of carbonyl (C=O) groups excluding carboxylic acids is 1. The van der Waals surface area contributed by atoms with Gasteiger partial charge in [-0.2, -0.15) is 13.2 Å². The quantitative estimate of drug-likeness (QED) is 0.213. The van der Waals surface area contributed by atoms with Crippen LogP contribution in [0, 0.1) is 0 Å². The van der Waals surface area contributed by atoms with Crippen molar-refractivity contribution in [3.8, 4) is 5.75 Å². The fourth-order valence-electron chi connectivity index (χ4n) is 2.84. The highest BCUT2D eigenvalue weighted by atomic mass is 19.4. The molecule has 10 heteroatoms. The molecule has 33 heavy (non-hydrogen) atoms. The Morgan fingerprint density at radius 2 is 1.91 bits per heavy atom. The van der Waals surface area contributed by atoms with Gasteiger partial charge in [-0.15, -0.1) is 0 Å². The standard InChI is InChI=1S/C23H28F3NO6/c1-14(7-6-11-23(24,25)26)9-10-16(3)20(29)19-17(28)13-18(33-21(19)30)15(2)8-4-5-12-27-22(31)32/h5,9-10,12-13,15,27-28H,4,6-8,11H2,1-3H3,(H,31,32)/b12-5+,14-9-,16-10+. The molecule has 0 bridgehead atoms. The van der Waals surface area contributed by atoms with Crippen LogP contribution in [0.15, 0.2) is 50.9 Å². The lowest BCUT2D eigenvalue weighted by Crippen LogP contribution is -2.16. The number of nitrogens with one attached hydrogen (secondary N) is 1. The molecule has 3 N–H and O–H groups in total. The molecule has 1 atom stereocenters. The molecule has 1 unspecified atom stereocenters. The molecular formula is C23H28F3NO6. The maximum absolute atomic E-state index is 12.6. The van der Waals surface area contributed by atoms with Gasteiger partial charge in [0.2, 0.25) is 0 Å². The van der Waals surface area contributed by atoms with Gasteiger partial charge in [0.25, 0.3) is 0 Å². The topological polar surface area (TPSA) is 117 Å². The van der Waals surface area contributed by atoms with E-state index in [-0.39, 0.29) is 30.1 Å². The van der Waals surface area contributed by atoms with Gasteiger partial charge >= 0.3 is 17.9 Å². The Morgan fingerprint density at radius 3 is 2.48 bits per heavy atom. The summed E-state index contributed by atoms with van der Waals surface area (Å²) in [4.78, 5) is 35.3. The Balaban J connectivity index is 2.86. The summed E-state index contributed by atoms with van der Waals surface area (Å²) in [6, 6.07) is 1.20. The summed E-state index contributed by atoms with van der Waals surface area (Å²) >= 11 is 0. The van der Waals surface area contributed by atoms with E-state index in [0.717, 1.165) is 0 Å². The van der Waals surface area contributed by atoms with Crippen LogP contribution in [-0.2, 0) is 0 Å². The average molecular weight is 471 g/mol. The summed E-state index contributed by atoms with van der Waals surface area (Å²) in [6.45, 7) is 4.81. The second-order valence-electron chi connectivity index (χ2n) is 7.69. The van der Waals surface area contributed by atoms with E-state index in [9.17, 15) is 32.7 Å². The third-order valence-corrected chi connectivity index (χ3v) is 4.76. The minimum atomic E-state index is -4.22. The first-order chi connectivity index (χ1) is 15.3. The number of allylic oxidation sites excluding steroid dienone is 5. The highest BCUT2D eigenvalue weighted by Crippen LogP contribution is 2.26. The molecule has 0 saturated carbocycles. The molecule has 182 valence electrons. The lowest BCUT2D eigenvalue weighted by Gasteiger charge is -2.11. The van der Waals surface area contributed by atoms with Crippen LogP contribution >= 0.6 is 0 Å². The van der Waals surface area contributed by atoms with Gasteiger partial charge < -0.3 is 14.6 Å². The molecule has 0 aliphatic carbocycles. The minimum Gasteiger partial charge on any atom is -0.507 e. The van der Waals surface area contributed by atoms with E-state index in [1.54, 1.807) is 19.9 Å². The van der Waals surface area contributed by atoms with Crippen molar-refractivity contribution in [3.05, 3.63) is 63.4 Å². The van der Waals surface area contributed by atoms with E-state index in [1.807, 2.05) is 0 Å². The summed E-state index contributed by atoms with van der Waals surface area (Å²) in [7, 11) is 0. The van der Waals surface area contributed by atoms with Crippen molar-refractivity contribution in [3.63, 3.8) is 0 Å². The Kier molecular flexibility index (Phi) is 10.6. The van der Waals surface area contributed by atoms with Crippen LogP contribution in [0.4, 0.5) is 18.0 Å². The highest BCUT2D eigenvalue weighted by molar-refractivity contribution is 6.09. The number of hydrogen-bond acceptors (Lipinski definition) is 5. The summed E-state index contributed by atoms with van der Waals surface area (Å²) < 4.78 is 41.9. The summed E-state index contributed by atoms with van der Waals surface area (Å²) in [6.07, 6.45) is 0.561. The normalized spacial score (nSPS) is 13.9.